The second kappa shape index (κ2) is 7.99. The first kappa shape index (κ1) is 17.3. The van der Waals surface area contributed by atoms with Gasteiger partial charge in [0.25, 0.3) is 5.91 Å². The molecular formula is C17H15Cl2NO3. The van der Waals surface area contributed by atoms with Gasteiger partial charge in [-0.2, -0.15) is 0 Å². The number of hydrogen-bond donors (Lipinski definition) is 1. The predicted molar refractivity (Wildman–Crippen MR) is 89.9 cm³/mol. The van der Waals surface area contributed by atoms with Gasteiger partial charge in [-0.05, 0) is 23.8 Å². The Balaban J connectivity index is 2.20. The maximum atomic E-state index is 12.3. The molecule has 0 aliphatic rings. The van der Waals surface area contributed by atoms with Crippen LogP contribution in [0.2, 0.25) is 10.0 Å². The lowest BCUT2D eigenvalue weighted by Crippen LogP contribution is -2.43. The van der Waals surface area contributed by atoms with Gasteiger partial charge in [-0.25, -0.2) is 4.79 Å². The summed E-state index contributed by atoms with van der Waals surface area (Å²) in [5, 5.41) is 3.48. The van der Waals surface area contributed by atoms with Crippen LogP contribution in [-0.2, 0) is 16.0 Å². The summed E-state index contributed by atoms with van der Waals surface area (Å²) < 4.78 is 4.76. The van der Waals surface area contributed by atoms with Crippen LogP contribution in [0.1, 0.15) is 15.9 Å². The van der Waals surface area contributed by atoms with Crippen LogP contribution in [0.3, 0.4) is 0 Å². The number of nitrogens with one attached hydrogen (secondary N) is 1. The molecule has 0 bridgehead atoms. The van der Waals surface area contributed by atoms with Gasteiger partial charge in [0.1, 0.15) is 6.04 Å². The van der Waals surface area contributed by atoms with Crippen LogP contribution >= 0.6 is 23.2 Å². The molecular weight excluding hydrogens is 337 g/mol. The largest absolute Gasteiger partial charge is 0.467 e. The maximum absolute atomic E-state index is 12.3. The van der Waals surface area contributed by atoms with Crippen molar-refractivity contribution in [2.75, 3.05) is 7.11 Å². The molecule has 120 valence electrons. The van der Waals surface area contributed by atoms with Crippen LogP contribution in [-0.4, -0.2) is 25.0 Å². The average Bonchev–Trinajstić information content (AvgIpc) is 2.55. The Labute approximate surface area is 144 Å². The minimum atomic E-state index is -0.858. The summed E-state index contributed by atoms with van der Waals surface area (Å²) in [7, 11) is 1.27. The van der Waals surface area contributed by atoms with Gasteiger partial charge in [-0.3, -0.25) is 4.79 Å². The lowest BCUT2D eigenvalue weighted by Gasteiger charge is -2.17. The Morgan fingerprint density at radius 3 is 2.26 bits per heavy atom. The topological polar surface area (TPSA) is 55.4 Å². The van der Waals surface area contributed by atoms with Crippen molar-refractivity contribution < 1.29 is 14.3 Å². The standard InChI is InChI=1S/C17H15Cl2NO3/c1-23-17(22)15(10-11-6-2-4-8-13(11)18)20-16(21)12-7-3-5-9-14(12)19/h2-9,15H,10H2,1H3,(H,20,21)/t15-/m0/s1. The van der Waals surface area contributed by atoms with Crippen LogP contribution in [0.15, 0.2) is 48.5 Å². The lowest BCUT2D eigenvalue weighted by molar-refractivity contribution is -0.142. The van der Waals surface area contributed by atoms with Gasteiger partial charge in [0, 0.05) is 11.4 Å². The van der Waals surface area contributed by atoms with E-state index in [1.165, 1.54) is 7.11 Å². The molecule has 0 radical (unpaired) electrons. The molecule has 4 nitrogen and oxygen atoms in total. The number of halogens is 2. The van der Waals surface area contributed by atoms with Crippen LogP contribution in [0.25, 0.3) is 0 Å². The van der Waals surface area contributed by atoms with Crippen molar-refractivity contribution in [3.8, 4) is 0 Å². The number of carbonyl (C=O) groups is 2. The van der Waals surface area contributed by atoms with E-state index in [1.807, 2.05) is 6.07 Å². The molecule has 0 saturated carbocycles. The molecule has 2 aromatic rings. The molecule has 0 spiro atoms. The third-order valence-corrected chi connectivity index (χ3v) is 3.99. The van der Waals surface area contributed by atoms with E-state index in [-0.39, 0.29) is 6.42 Å². The Morgan fingerprint density at radius 1 is 1.04 bits per heavy atom. The third kappa shape index (κ3) is 4.47. The van der Waals surface area contributed by atoms with E-state index in [0.29, 0.717) is 15.6 Å². The van der Waals surface area contributed by atoms with E-state index >= 15 is 0 Å². The average molecular weight is 352 g/mol. The van der Waals surface area contributed by atoms with Crippen molar-refractivity contribution in [1.82, 2.24) is 5.32 Å². The van der Waals surface area contributed by atoms with Gasteiger partial charge < -0.3 is 10.1 Å². The molecule has 0 fully saturated rings. The van der Waals surface area contributed by atoms with E-state index < -0.39 is 17.9 Å². The summed E-state index contributed by atoms with van der Waals surface area (Å²) in [6.45, 7) is 0. The zero-order valence-electron chi connectivity index (χ0n) is 12.4. The third-order valence-electron chi connectivity index (χ3n) is 3.29. The van der Waals surface area contributed by atoms with Gasteiger partial charge >= 0.3 is 5.97 Å². The van der Waals surface area contributed by atoms with Crippen molar-refractivity contribution in [3.05, 3.63) is 69.7 Å². The Kier molecular flexibility index (Phi) is 6.02. The van der Waals surface area contributed by atoms with Gasteiger partial charge in [-0.15, -0.1) is 0 Å². The fourth-order valence-electron chi connectivity index (χ4n) is 2.10. The summed E-state index contributed by atoms with van der Waals surface area (Å²) >= 11 is 12.1. The maximum Gasteiger partial charge on any atom is 0.328 e. The Morgan fingerprint density at radius 2 is 1.65 bits per heavy atom. The quantitative estimate of drug-likeness (QED) is 0.838. The number of benzene rings is 2. The molecule has 1 N–H and O–H groups in total. The first-order chi connectivity index (χ1) is 11.0. The minimum absolute atomic E-state index is 0.225. The highest BCUT2D eigenvalue weighted by Crippen LogP contribution is 2.18. The Bertz CT molecular complexity index is 718. The summed E-state index contributed by atoms with van der Waals surface area (Å²) in [4.78, 5) is 24.3. The van der Waals surface area contributed by atoms with Gasteiger partial charge in [0.2, 0.25) is 0 Å². The van der Waals surface area contributed by atoms with Crippen molar-refractivity contribution >= 4 is 35.1 Å². The number of ether oxygens (including phenoxy) is 1. The normalized spacial score (nSPS) is 11.6. The number of esters is 1. The van der Waals surface area contributed by atoms with Gasteiger partial charge in [0.05, 0.1) is 17.7 Å². The van der Waals surface area contributed by atoms with Crippen LogP contribution in [0, 0.1) is 0 Å². The minimum Gasteiger partial charge on any atom is -0.467 e. The molecule has 0 unspecified atom stereocenters. The van der Waals surface area contributed by atoms with Crippen molar-refractivity contribution in [2.45, 2.75) is 12.5 Å². The number of hydrogen-bond acceptors (Lipinski definition) is 3. The molecule has 6 heteroatoms. The number of methoxy groups -OCH3 is 1. The van der Waals surface area contributed by atoms with Crippen LogP contribution < -0.4 is 5.32 Å². The van der Waals surface area contributed by atoms with Crippen molar-refractivity contribution in [2.24, 2.45) is 0 Å². The van der Waals surface area contributed by atoms with E-state index in [4.69, 9.17) is 27.9 Å². The number of rotatable bonds is 5. The predicted octanol–water partition coefficient (Wildman–Crippen LogP) is 3.51. The smallest absolute Gasteiger partial charge is 0.328 e. The number of carbonyl (C=O) groups excluding carboxylic acids is 2. The monoisotopic (exact) mass is 351 g/mol. The molecule has 2 rings (SSSR count). The van der Waals surface area contributed by atoms with E-state index in [2.05, 4.69) is 5.32 Å². The summed E-state index contributed by atoms with van der Waals surface area (Å²) in [5.41, 5.74) is 1.03. The molecule has 1 atom stereocenters. The zero-order chi connectivity index (χ0) is 16.8. The highest BCUT2D eigenvalue weighted by atomic mass is 35.5. The van der Waals surface area contributed by atoms with Crippen molar-refractivity contribution in [1.29, 1.82) is 0 Å². The first-order valence-electron chi connectivity index (χ1n) is 6.89. The van der Waals surface area contributed by atoms with Crippen LogP contribution in [0.4, 0.5) is 0 Å². The lowest BCUT2D eigenvalue weighted by atomic mass is 10.1. The number of amides is 1. The first-order valence-corrected chi connectivity index (χ1v) is 7.65. The van der Waals surface area contributed by atoms with Gasteiger partial charge in [-0.1, -0.05) is 53.5 Å². The summed E-state index contributed by atoms with van der Waals surface area (Å²) in [6.07, 6.45) is 0.225. The zero-order valence-corrected chi connectivity index (χ0v) is 13.9. The molecule has 23 heavy (non-hydrogen) atoms. The second-order valence-corrected chi connectivity index (χ2v) is 5.64. The highest BCUT2D eigenvalue weighted by Gasteiger charge is 2.24. The molecule has 0 aliphatic heterocycles. The molecule has 0 saturated heterocycles. The molecule has 0 aliphatic carbocycles. The summed E-state index contributed by atoms with van der Waals surface area (Å²) in [6, 6.07) is 12.9. The van der Waals surface area contributed by atoms with Crippen molar-refractivity contribution in [3.63, 3.8) is 0 Å². The second-order valence-electron chi connectivity index (χ2n) is 4.82. The van der Waals surface area contributed by atoms with Crippen LogP contribution in [0.5, 0.6) is 0 Å². The Hall–Kier alpha value is -2.04. The molecule has 2 aromatic carbocycles. The van der Waals surface area contributed by atoms with E-state index in [9.17, 15) is 9.59 Å². The SMILES string of the molecule is COC(=O)[C@H](Cc1ccccc1Cl)NC(=O)c1ccccc1Cl. The summed E-state index contributed by atoms with van der Waals surface area (Å²) in [5.74, 6) is -0.997. The fraction of sp³-hybridized carbons (Fsp3) is 0.176. The van der Waals surface area contributed by atoms with Gasteiger partial charge in [0.15, 0.2) is 0 Å². The highest BCUT2D eigenvalue weighted by molar-refractivity contribution is 6.33. The van der Waals surface area contributed by atoms with E-state index in [0.717, 1.165) is 5.56 Å². The molecule has 0 aromatic heterocycles. The molecule has 0 heterocycles. The van der Waals surface area contributed by atoms with E-state index in [1.54, 1.807) is 42.5 Å². The fourth-order valence-corrected chi connectivity index (χ4v) is 2.54. The molecule has 1 amide bonds.